The van der Waals surface area contributed by atoms with Crippen LogP contribution in [0.1, 0.15) is 48.8 Å². The average molecular weight is 485 g/mol. The first-order chi connectivity index (χ1) is 16.0. The summed E-state index contributed by atoms with van der Waals surface area (Å²) in [6.07, 6.45) is 7.23. The minimum absolute atomic E-state index is 0.202. The van der Waals surface area contributed by atoms with Gasteiger partial charge in [0.1, 0.15) is 16.8 Å². The van der Waals surface area contributed by atoms with Crippen molar-refractivity contribution in [1.82, 2.24) is 0 Å². The molecular weight excluding hydrogens is 452 g/mol. The van der Waals surface area contributed by atoms with Crippen molar-refractivity contribution in [2.75, 3.05) is 0 Å². The van der Waals surface area contributed by atoms with Crippen molar-refractivity contribution >= 4 is 21.3 Å². The summed E-state index contributed by atoms with van der Waals surface area (Å²) in [5.74, 6) is 2.53. The molecule has 0 radical (unpaired) electrons. The highest BCUT2D eigenvalue weighted by Gasteiger charge is 2.32. The van der Waals surface area contributed by atoms with Gasteiger partial charge in [-0.05, 0) is 42.1 Å². The molecule has 0 aromatic heterocycles. The van der Waals surface area contributed by atoms with E-state index >= 15 is 0 Å². The van der Waals surface area contributed by atoms with E-state index in [4.69, 9.17) is 0 Å². The van der Waals surface area contributed by atoms with Gasteiger partial charge >= 0.3 is 0 Å². The van der Waals surface area contributed by atoms with Crippen LogP contribution in [0.15, 0.2) is 91.0 Å². The van der Waals surface area contributed by atoms with Gasteiger partial charge in [0.05, 0.1) is 6.61 Å². The minimum atomic E-state index is -4.57. The molecule has 0 bridgehead atoms. The Morgan fingerprint density at radius 1 is 0.697 bits per heavy atom. The van der Waals surface area contributed by atoms with Gasteiger partial charge in [0.25, 0.3) is 0 Å². The van der Waals surface area contributed by atoms with E-state index in [9.17, 15) is 13.0 Å². The molecule has 0 aliphatic heterocycles. The third-order valence-corrected chi connectivity index (χ3v) is 8.86. The van der Waals surface area contributed by atoms with Crippen LogP contribution in [-0.4, -0.2) is 18.2 Å². The van der Waals surface area contributed by atoms with E-state index in [1.54, 1.807) is 30.3 Å². The summed E-state index contributed by atoms with van der Waals surface area (Å²) in [4.78, 5) is 0. The Hall–Kier alpha value is -2.12. The highest BCUT2D eigenvalue weighted by atomic mass is 32.3. The quantitative estimate of drug-likeness (QED) is 0.223. The van der Waals surface area contributed by atoms with Gasteiger partial charge in [-0.15, -0.1) is 0 Å². The molecule has 0 N–H and O–H groups in total. The van der Waals surface area contributed by atoms with Crippen molar-refractivity contribution in [3.8, 4) is 0 Å². The van der Waals surface area contributed by atoms with Crippen LogP contribution in [0.2, 0.25) is 0 Å². The first-order valence-corrected chi connectivity index (χ1v) is 14.3. The van der Waals surface area contributed by atoms with E-state index < -0.39 is 10.4 Å². The Balaban J connectivity index is 0.000000218. The van der Waals surface area contributed by atoms with Gasteiger partial charge in [0, 0.05) is 11.1 Å². The summed E-state index contributed by atoms with van der Waals surface area (Å²) in [7, 11) is -4.09. The summed E-state index contributed by atoms with van der Waals surface area (Å²) >= 11 is 0. The van der Waals surface area contributed by atoms with Crippen molar-refractivity contribution in [1.29, 1.82) is 0 Å². The van der Waals surface area contributed by atoms with Gasteiger partial charge < -0.3 is 4.55 Å². The zero-order valence-corrected chi connectivity index (χ0v) is 20.5. The highest BCUT2D eigenvalue weighted by Crippen LogP contribution is 2.30. The van der Waals surface area contributed by atoms with Crippen LogP contribution in [0, 0.1) is 0 Å². The Kier molecular flexibility index (Phi) is 10.5. The Morgan fingerprint density at radius 2 is 1.12 bits per heavy atom. The first-order valence-electron chi connectivity index (χ1n) is 11.4. The number of rotatable bonds is 8. The van der Waals surface area contributed by atoms with E-state index in [1.807, 2.05) is 0 Å². The van der Waals surface area contributed by atoms with Crippen LogP contribution in [0.3, 0.4) is 0 Å². The smallest absolute Gasteiger partial charge is 0.217 e. The zero-order chi connectivity index (χ0) is 23.4. The lowest BCUT2D eigenvalue weighted by Gasteiger charge is -2.23. The van der Waals surface area contributed by atoms with Gasteiger partial charge in [-0.3, -0.25) is 4.18 Å². The van der Waals surface area contributed by atoms with Crippen molar-refractivity contribution < 1.29 is 17.2 Å². The molecule has 1 aliphatic rings. The third-order valence-electron chi connectivity index (χ3n) is 5.63. The molecule has 33 heavy (non-hydrogen) atoms. The fourth-order valence-electron chi connectivity index (χ4n) is 3.98. The standard InChI is InChI=1S/C20H25S.C7H8O4S/c1-4-10-18(11-5-1)16-21(20-14-8-3-9-15-20)17-19-12-6-2-7-13-19;8-12(9,10)11-6-7-4-2-1-3-5-7/h1-2,4-7,10-13,20H,3,8-9,14-17H2;1-5H,6H2,(H,8,9,10)/q+1;/p-1. The minimum Gasteiger partial charge on any atom is -0.726 e. The molecule has 0 amide bonds. The molecule has 0 atom stereocenters. The molecule has 3 aromatic carbocycles. The van der Waals surface area contributed by atoms with Gasteiger partial charge in [-0.2, -0.15) is 0 Å². The number of hydrogen-bond acceptors (Lipinski definition) is 4. The van der Waals surface area contributed by atoms with E-state index in [1.165, 1.54) is 54.7 Å². The van der Waals surface area contributed by atoms with Gasteiger partial charge in [-0.1, -0.05) is 97.4 Å². The lowest BCUT2D eigenvalue weighted by atomic mass is 10.0. The van der Waals surface area contributed by atoms with E-state index in [-0.39, 0.29) is 6.61 Å². The Morgan fingerprint density at radius 3 is 1.55 bits per heavy atom. The lowest BCUT2D eigenvalue weighted by molar-refractivity contribution is 0.253. The molecule has 0 unspecified atom stereocenters. The zero-order valence-electron chi connectivity index (χ0n) is 18.8. The van der Waals surface area contributed by atoms with Crippen molar-refractivity contribution in [3.63, 3.8) is 0 Å². The van der Waals surface area contributed by atoms with Gasteiger partial charge in [-0.25, -0.2) is 8.42 Å². The first kappa shape index (κ1) is 25.5. The van der Waals surface area contributed by atoms with E-state index in [0.29, 0.717) is 16.5 Å². The Bertz CT molecular complexity index is 978. The van der Waals surface area contributed by atoms with Crippen LogP contribution >= 0.6 is 0 Å². The third kappa shape index (κ3) is 10.1. The molecule has 176 valence electrons. The van der Waals surface area contributed by atoms with Gasteiger partial charge in [0.2, 0.25) is 10.4 Å². The predicted octanol–water partition coefficient (Wildman–Crippen LogP) is 6.00. The summed E-state index contributed by atoms with van der Waals surface area (Å²) in [5.41, 5.74) is 3.68. The van der Waals surface area contributed by atoms with Crippen molar-refractivity contribution in [2.24, 2.45) is 0 Å². The van der Waals surface area contributed by atoms with Crippen LogP contribution in [-0.2, 0) is 43.6 Å². The maximum atomic E-state index is 10.0. The largest absolute Gasteiger partial charge is 0.726 e. The lowest BCUT2D eigenvalue weighted by Crippen LogP contribution is -2.27. The fraction of sp³-hybridized carbons (Fsp3) is 0.333. The average Bonchev–Trinajstić information content (AvgIpc) is 2.85. The topological polar surface area (TPSA) is 66.4 Å². The predicted molar refractivity (Wildman–Crippen MR) is 135 cm³/mol. The summed E-state index contributed by atoms with van der Waals surface area (Å²) < 4.78 is 34.1. The molecule has 4 rings (SSSR count). The maximum Gasteiger partial charge on any atom is 0.217 e. The summed E-state index contributed by atoms with van der Waals surface area (Å²) in [6, 6.07) is 30.8. The highest BCUT2D eigenvalue weighted by molar-refractivity contribution is 7.96. The second-order valence-electron chi connectivity index (χ2n) is 8.21. The molecule has 1 aliphatic carbocycles. The number of hydrogen-bond donors (Lipinski definition) is 0. The SMILES string of the molecule is O=S(=O)([O-])OCc1ccccc1.c1ccc(C[S+](Cc2ccccc2)C2CCCCC2)cc1. The van der Waals surface area contributed by atoms with Gasteiger partial charge in [0.15, 0.2) is 0 Å². The summed E-state index contributed by atoms with van der Waals surface area (Å²) in [6.45, 7) is -0.202. The molecule has 6 heteroatoms. The second-order valence-corrected chi connectivity index (χ2v) is 11.6. The molecule has 1 saturated carbocycles. The van der Waals surface area contributed by atoms with Crippen LogP contribution in [0.4, 0.5) is 0 Å². The molecule has 1 fully saturated rings. The summed E-state index contributed by atoms with van der Waals surface area (Å²) in [5, 5.41) is 0.944. The van der Waals surface area contributed by atoms with Crippen molar-refractivity contribution in [3.05, 3.63) is 108 Å². The molecule has 3 aromatic rings. The van der Waals surface area contributed by atoms with Crippen molar-refractivity contribution in [2.45, 2.75) is 55.5 Å². The molecule has 0 spiro atoms. The Labute approximate surface area is 201 Å². The molecule has 0 heterocycles. The maximum absolute atomic E-state index is 10.0. The second kappa shape index (κ2) is 13.6. The van der Waals surface area contributed by atoms with E-state index in [2.05, 4.69) is 64.8 Å². The molecule has 0 saturated heterocycles. The number of benzene rings is 3. The van der Waals surface area contributed by atoms with E-state index in [0.717, 1.165) is 5.25 Å². The van der Waals surface area contributed by atoms with Crippen LogP contribution < -0.4 is 0 Å². The van der Waals surface area contributed by atoms with Crippen LogP contribution in [0.5, 0.6) is 0 Å². The fourth-order valence-corrected chi connectivity index (χ4v) is 7.07. The molecule has 4 nitrogen and oxygen atoms in total. The van der Waals surface area contributed by atoms with Crippen LogP contribution in [0.25, 0.3) is 0 Å². The monoisotopic (exact) mass is 484 g/mol. The molecular formula is C27H32O4S2. The normalized spacial score (nSPS) is 14.5.